The summed E-state index contributed by atoms with van der Waals surface area (Å²) in [6.45, 7) is 9.77. The zero-order valence-corrected chi connectivity index (χ0v) is 36.9. The van der Waals surface area contributed by atoms with Crippen LogP contribution in [0.3, 0.4) is 0 Å². The number of hydrogen-bond acceptors (Lipinski definition) is 13. The van der Waals surface area contributed by atoms with Crippen molar-refractivity contribution in [3.05, 3.63) is 70.6 Å². The molecule has 4 aliphatic rings. The number of rotatable bonds is 11. The normalized spacial score (nSPS) is 20.6. The number of anilines is 2. The van der Waals surface area contributed by atoms with Crippen molar-refractivity contribution in [3.8, 4) is 40.2 Å². The lowest BCUT2D eigenvalue weighted by Gasteiger charge is -2.30. The number of nitrogens with two attached hydrogens (primary N) is 1. The Labute approximate surface area is 373 Å². The number of nitriles is 1. The highest BCUT2D eigenvalue weighted by Gasteiger charge is 2.40. The van der Waals surface area contributed by atoms with Crippen LogP contribution in [-0.4, -0.2) is 92.8 Å². The van der Waals surface area contributed by atoms with Crippen LogP contribution in [0.15, 0.2) is 48.7 Å². The Morgan fingerprint density at radius 3 is 2.67 bits per heavy atom. The molecular formula is C46H48ClFN10O4S. The number of halogens is 2. The zero-order chi connectivity index (χ0) is 43.5. The SMILES string of the molecule is CC(C)C(C(=O)N1CCCC1C)n1cc(-c2ccc(COc3c(-c4ccc(F)c5sc(N)c(C#N)c45)c(Cl)cc4c(N5CC6CC5CN6)nc(OC5CCOCC5)nc34)cc2)nn1. The van der Waals surface area contributed by atoms with E-state index in [1.807, 2.05) is 55.3 Å². The Kier molecular flexibility index (Phi) is 11.1. The van der Waals surface area contributed by atoms with Gasteiger partial charge < -0.3 is 35.1 Å². The average Bonchev–Trinajstić information content (AvgIpc) is 4.14. The van der Waals surface area contributed by atoms with Crippen LogP contribution in [0.1, 0.15) is 70.0 Å². The molecule has 6 aromatic rings. The molecule has 10 rings (SSSR count). The Balaban J connectivity index is 1.05. The molecule has 4 atom stereocenters. The molecule has 0 aliphatic carbocycles. The maximum absolute atomic E-state index is 15.5. The highest BCUT2D eigenvalue weighted by Crippen LogP contribution is 2.50. The van der Waals surface area contributed by atoms with Crippen molar-refractivity contribution in [2.75, 3.05) is 43.5 Å². The number of nitrogens with zero attached hydrogens (tertiary/aromatic N) is 8. The molecule has 2 bridgehead atoms. The summed E-state index contributed by atoms with van der Waals surface area (Å²) in [5.74, 6) is 0.641. The second-order valence-electron chi connectivity index (χ2n) is 17.4. The van der Waals surface area contributed by atoms with Crippen molar-refractivity contribution in [1.82, 2.24) is 35.2 Å². The van der Waals surface area contributed by atoms with Crippen LogP contribution >= 0.6 is 22.9 Å². The van der Waals surface area contributed by atoms with Crippen LogP contribution in [0.5, 0.6) is 11.8 Å². The van der Waals surface area contributed by atoms with Crippen molar-refractivity contribution in [2.45, 2.75) is 89.8 Å². The van der Waals surface area contributed by atoms with Crippen LogP contribution in [-0.2, 0) is 16.1 Å². The summed E-state index contributed by atoms with van der Waals surface area (Å²) in [6.07, 6.45) is 6.11. The van der Waals surface area contributed by atoms with Gasteiger partial charge in [-0.3, -0.25) is 4.79 Å². The van der Waals surface area contributed by atoms with Gasteiger partial charge in [0.25, 0.3) is 0 Å². The number of nitrogens with one attached hydrogen (secondary N) is 1. The van der Waals surface area contributed by atoms with E-state index in [1.165, 1.54) is 6.07 Å². The van der Waals surface area contributed by atoms with Gasteiger partial charge in [-0.2, -0.15) is 15.2 Å². The maximum atomic E-state index is 15.5. The molecule has 17 heteroatoms. The number of amides is 1. The van der Waals surface area contributed by atoms with E-state index in [0.29, 0.717) is 81.8 Å². The fourth-order valence-corrected chi connectivity index (χ4v) is 11.0. The molecule has 4 fully saturated rings. The Morgan fingerprint density at radius 2 is 1.97 bits per heavy atom. The van der Waals surface area contributed by atoms with E-state index in [4.69, 9.17) is 41.5 Å². The fourth-order valence-electron chi connectivity index (χ4n) is 9.71. The largest absolute Gasteiger partial charge is 0.486 e. The molecule has 0 saturated carbocycles. The Morgan fingerprint density at radius 1 is 1.16 bits per heavy atom. The molecule has 1 amide bonds. The first-order valence-electron chi connectivity index (χ1n) is 21.7. The lowest BCUT2D eigenvalue weighted by Crippen LogP contribution is -2.44. The number of fused-ring (bicyclic) bond motifs is 4. The average molecular weight is 891 g/mol. The highest BCUT2D eigenvalue weighted by molar-refractivity contribution is 7.23. The number of aromatic nitrogens is 5. The number of piperazine rings is 1. The second-order valence-corrected chi connectivity index (χ2v) is 18.9. The summed E-state index contributed by atoms with van der Waals surface area (Å²) in [5.41, 5.74) is 10.2. The van der Waals surface area contributed by atoms with Gasteiger partial charge in [-0.25, -0.2) is 9.07 Å². The third-order valence-corrected chi connectivity index (χ3v) is 14.3. The first kappa shape index (κ1) is 41.4. The van der Waals surface area contributed by atoms with Gasteiger partial charge >= 0.3 is 6.01 Å². The number of carbonyl (C=O) groups excluding carboxylic acids is 1. The van der Waals surface area contributed by atoms with E-state index in [-0.39, 0.29) is 57.9 Å². The monoisotopic (exact) mass is 890 g/mol. The standard InChI is InChI=1S/C46H48ClFN10O4S/c1-24(2)40(45(59)56-14-4-5-25(56)3)58-22-36(54-55-58)27-8-6-26(7-9-27)23-61-41-38(31-10-11-35(48)42-37(31)33(19-49)43(50)63-42)34(47)18-32-39(41)52-46(62-30-12-15-60-16-13-30)53-44(32)57-21-28-17-29(57)20-51-28/h6-11,18,22,24-25,28-30,40,51H,4-5,12-17,20-21,23,50H2,1-3H3. The first-order valence-corrected chi connectivity index (χ1v) is 22.9. The minimum atomic E-state index is -0.492. The molecule has 4 aliphatic heterocycles. The number of hydrogen-bond donors (Lipinski definition) is 2. The molecule has 4 unspecified atom stereocenters. The number of carbonyl (C=O) groups is 1. The van der Waals surface area contributed by atoms with Gasteiger partial charge in [-0.05, 0) is 55.4 Å². The minimum Gasteiger partial charge on any atom is -0.486 e. The summed E-state index contributed by atoms with van der Waals surface area (Å²) in [5, 5.41) is 24.3. The van der Waals surface area contributed by atoms with Crippen molar-refractivity contribution >= 4 is 60.7 Å². The number of ether oxygens (including phenoxy) is 3. The zero-order valence-electron chi connectivity index (χ0n) is 35.3. The van der Waals surface area contributed by atoms with Crippen LogP contribution in [0.25, 0.3) is 43.4 Å². The maximum Gasteiger partial charge on any atom is 0.319 e. The summed E-state index contributed by atoms with van der Waals surface area (Å²) in [4.78, 5) is 28.1. The van der Waals surface area contributed by atoms with Crippen LogP contribution < -0.4 is 25.4 Å². The van der Waals surface area contributed by atoms with Gasteiger partial charge in [-0.15, -0.1) is 16.4 Å². The lowest BCUT2D eigenvalue weighted by molar-refractivity contribution is -0.137. The summed E-state index contributed by atoms with van der Waals surface area (Å²) in [6, 6.07) is 15.3. The van der Waals surface area contributed by atoms with E-state index >= 15 is 4.39 Å². The van der Waals surface area contributed by atoms with Crippen molar-refractivity contribution in [2.24, 2.45) is 5.92 Å². The molecule has 7 heterocycles. The molecule has 3 aromatic heterocycles. The van der Waals surface area contributed by atoms with Gasteiger partial charge in [0.1, 0.15) is 52.7 Å². The lowest BCUT2D eigenvalue weighted by atomic mass is 9.96. The smallest absolute Gasteiger partial charge is 0.319 e. The number of thiophene rings is 1. The van der Waals surface area contributed by atoms with Crippen molar-refractivity contribution in [3.63, 3.8) is 0 Å². The second kappa shape index (κ2) is 16.8. The molecule has 4 saturated heterocycles. The third-order valence-electron chi connectivity index (χ3n) is 13.0. The molecule has 3 aromatic carbocycles. The van der Waals surface area contributed by atoms with Crippen LogP contribution in [0, 0.1) is 23.1 Å². The third kappa shape index (κ3) is 7.58. The van der Waals surface area contributed by atoms with E-state index in [0.717, 1.165) is 61.4 Å². The van der Waals surface area contributed by atoms with Gasteiger partial charge in [-0.1, -0.05) is 61.0 Å². The van der Waals surface area contributed by atoms with Crippen molar-refractivity contribution in [1.29, 1.82) is 5.26 Å². The summed E-state index contributed by atoms with van der Waals surface area (Å²) < 4.78 is 36.4. The van der Waals surface area contributed by atoms with E-state index in [2.05, 4.69) is 33.5 Å². The number of likely N-dealkylation sites (tertiary alicyclic amines) is 1. The molecule has 0 radical (unpaired) electrons. The van der Waals surface area contributed by atoms with Gasteiger partial charge in [0.2, 0.25) is 5.91 Å². The molecule has 0 spiro atoms. The highest BCUT2D eigenvalue weighted by atomic mass is 35.5. The number of nitrogen functional groups attached to an aromatic ring is 1. The van der Waals surface area contributed by atoms with Crippen molar-refractivity contribution < 1.29 is 23.4 Å². The van der Waals surface area contributed by atoms with Crippen LogP contribution in [0.4, 0.5) is 15.2 Å². The van der Waals surface area contributed by atoms with Gasteiger partial charge in [0, 0.05) is 72.5 Å². The van der Waals surface area contributed by atoms with Crippen LogP contribution in [0.2, 0.25) is 5.02 Å². The van der Waals surface area contributed by atoms with Gasteiger partial charge in [0.05, 0.1) is 34.7 Å². The molecule has 14 nitrogen and oxygen atoms in total. The topological polar surface area (TPSA) is 170 Å². The van der Waals surface area contributed by atoms with Gasteiger partial charge in [0.15, 0.2) is 5.75 Å². The quantitative estimate of drug-likeness (QED) is 0.129. The summed E-state index contributed by atoms with van der Waals surface area (Å²) in [7, 11) is 0. The van der Waals surface area contributed by atoms with E-state index in [1.54, 1.807) is 10.7 Å². The van der Waals surface area contributed by atoms with E-state index in [9.17, 15) is 10.1 Å². The fraction of sp³-hybridized carbons (Fsp3) is 0.435. The summed E-state index contributed by atoms with van der Waals surface area (Å²) >= 11 is 8.38. The van der Waals surface area contributed by atoms with E-state index < -0.39 is 11.9 Å². The first-order chi connectivity index (χ1) is 30.6. The minimum absolute atomic E-state index is 0.0229. The predicted octanol–water partition coefficient (Wildman–Crippen LogP) is 7.91. The predicted molar refractivity (Wildman–Crippen MR) is 241 cm³/mol. The molecular weight excluding hydrogens is 843 g/mol. The molecule has 3 N–H and O–H groups in total. The molecule has 63 heavy (non-hydrogen) atoms. The Bertz CT molecular complexity index is 2770. The number of benzene rings is 3. The molecule has 326 valence electrons. The Hall–Kier alpha value is -5.60.